The van der Waals surface area contributed by atoms with Crippen LogP contribution in [0.3, 0.4) is 0 Å². The lowest BCUT2D eigenvalue weighted by Gasteiger charge is -2.25. The molecule has 3 N–H and O–H groups in total. The third kappa shape index (κ3) is 2.29. The van der Waals surface area contributed by atoms with Gasteiger partial charge in [0, 0.05) is 16.6 Å². The van der Waals surface area contributed by atoms with Crippen LogP contribution >= 0.6 is 11.8 Å². The average molecular weight is 270 g/mol. The zero-order valence-corrected chi connectivity index (χ0v) is 11.8. The molecule has 1 heterocycles. The van der Waals surface area contributed by atoms with Crippen molar-refractivity contribution in [2.75, 3.05) is 5.75 Å². The predicted molar refractivity (Wildman–Crippen MR) is 81.2 cm³/mol. The van der Waals surface area contributed by atoms with Crippen molar-refractivity contribution in [1.82, 2.24) is 5.43 Å². The number of benzene rings is 2. The van der Waals surface area contributed by atoms with Gasteiger partial charge >= 0.3 is 0 Å². The van der Waals surface area contributed by atoms with Gasteiger partial charge < -0.3 is 0 Å². The lowest BCUT2D eigenvalue weighted by molar-refractivity contribution is 0.483. The summed E-state index contributed by atoms with van der Waals surface area (Å²) >= 11 is 1.92. The van der Waals surface area contributed by atoms with Crippen LogP contribution in [0.25, 0.3) is 0 Å². The molecule has 0 bridgehead atoms. The Morgan fingerprint density at radius 3 is 2.68 bits per heavy atom. The summed E-state index contributed by atoms with van der Waals surface area (Å²) in [6.07, 6.45) is 0. The van der Waals surface area contributed by atoms with Gasteiger partial charge in [0.2, 0.25) is 0 Å². The highest BCUT2D eigenvalue weighted by atomic mass is 32.2. The van der Waals surface area contributed by atoms with Gasteiger partial charge in [-0.25, -0.2) is 0 Å². The van der Waals surface area contributed by atoms with Gasteiger partial charge in [0.1, 0.15) is 0 Å². The highest BCUT2D eigenvalue weighted by Crippen LogP contribution is 2.45. The minimum absolute atomic E-state index is 0.178. The van der Waals surface area contributed by atoms with Crippen LogP contribution < -0.4 is 11.3 Å². The summed E-state index contributed by atoms with van der Waals surface area (Å²) in [7, 11) is 0. The standard InChI is InChI=1S/C16H18N2S/c1-11-6-2-3-7-12(11)16(18-17)14-10-19-15-9-5-4-8-13(14)15/h2-9,14,16,18H,10,17H2,1H3. The first-order chi connectivity index (χ1) is 9.31. The summed E-state index contributed by atoms with van der Waals surface area (Å²) in [5.41, 5.74) is 7.03. The highest BCUT2D eigenvalue weighted by Gasteiger charge is 2.31. The van der Waals surface area contributed by atoms with Crippen LogP contribution in [0, 0.1) is 6.92 Å². The molecule has 0 fully saturated rings. The molecule has 0 radical (unpaired) electrons. The fourth-order valence-electron chi connectivity index (χ4n) is 2.82. The van der Waals surface area contributed by atoms with Crippen molar-refractivity contribution >= 4 is 11.8 Å². The molecule has 1 aliphatic heterocycles. The zero-order chi connectivity index (χ0) is 13.2. The molecule has 0 aliphatic carbocycles. The number of hydrogen-bond acceptors (Lipinski definition) is 3. The van der Waals surface area contributed by atoms with E-state index < -0.39 is 0 Å². The number of hydrazine groups is 1. The van der Waals surface area contributed by atoms with Crippen LogP contribution in [0.4, 0.5) is 0 Å². The Labute approximate surface area is 118 Å². The van der Waals surface area contributed by atoms with Crippen molar-refractivity contribution in [1.29, 1.82) is 0 Å². The van der Waals surface area contributed by atoms with E-state index in [4.69, 9.17) is 5.84 Å². The van der Waals surface area contributed by atoms with Gasteiger partial charge in [0.05, 0.1) is 6.04 Å². The maximum absolute atomic E-state index is 5.85. The van der Waals surface area contributed by atoms with Crippen molar-refractivity contribution in [3.63, 3.8) is 0 Å². The van der Waals surface area contributed by atoms with Gasteiger partial charge in [0.25, 0.3) is 0 Å². The molecule has 2 nitrogen and oxygen atoms in total. The largest absolute Gasteiger partial charge is 0.271 e. The fraction of sp³-hybridized carbons (Fsp3) is 0.250. The number of thioether (sulfide) groups is 1. The lowest BCUT2D eigenvalue weighted by atomic mass is 9.87. The number of fused-ring (bicyclic) bond motifs is 1. The Balaban J connectivity index is 1.99. The first-order valence-corrected chi connectivity index (χ1v) is 7.53. The molecular weight excluding hydrogens is 252 g/mol. The van der Waals surface area contributed by atoms with Gasteiger partial charge in [-0.15, -0.1) is 11.8 Å². The van der Waals surface area contributed by atoms with Crippen LogP contribution in [0.2, 0.25) is 0 Å². The molecule has 0 spiro atoms. The molecule has 19 heavy (non-hydrogen) atoms. The van der Waals surface area contributed by atoms with E-state index in [2.05, 4.69) is 60.9 Å². The van der Waals surface area contributed by atoms with E-state index in [1.165, 1.54) is 21.6 Å². The normalized spacial score (nSPS) is 19.2. The summed E-state index contributed by atoms with van der Waals surface area (Å²) < 4.78 is 0. The maximum atomic E-state index is 5.85. The van der Waals surface area contributed by atoms with Crippen molar-refractivity contribution in [3.8, 4) is 0 Å². The second-order valence-electron chi connectivity index (χ2n) is 4.96. The first-order valence-electron chi connectivity index (χ1n) is 6.54. The van der Waals surface area contributed by atoms with Crippen LogP contribution in [0.5, 0.6) is 0 Å². The van der Waals surface area contributed by atoms with Gasteiger partial charge in [-0.05, 0) is 29.7 Å². The summed E-state index contributed by atoms with van der Waals surface area (Å²) in [6.45, 7) is 2.15. The van der Waals surface area contributed by atoms with Crippen molar-refractivity contribution < 1.29 is 0 Å². The molecule has 3 heteroatoms. The summed E-state index contributed by atoms with van der Waals surface area (Å²) in [4.78, 5) is 1.39. The third-order valence-corrected chi connectivity index (χ3v) is 5.05. The van der Waals surface area contributed by atoms with Crippen molar-refractivity contribution in [3.05, 3.63) is 65.2 Å². The molecule has 2 aromatic carbocycles. The van der Waals surface area contributed by atoms with Crippen LogP contribution in [0.15, 0.2) is 53.4 Å². The molecule has 3 rings (SSSR count). The fourth-order valence-corrected chi connectivity index (χ4v) is 4.11. The molecule has 0 aromatic heterocycles. The molecule has 1 aliphatic rings. The van der Waals surface area contributed by atoms with E-state index >= 15 is 0 Å². The highest BCUT2D eigenvalue weighted by molar-refractivity contribution is 7.99. The summed E-state index contributed by atoms with van der Waals surface area (Å²) in [5, 5.41) is 0. The summed E-state index contributed by atoms with van der Waals surface area (Å²) in [5.74, 6) is 7.37. The monoisotopic (exact) mass is 270 g/mol. The second-order valence-corrected chi connectivity index (χ2v) is 6.02. The van der Waals surface area contributed by atoms with Crippen LogP contribution in [0.1, 0.15) is 28.7 Å². The van der Waals surface area contributed by atoms with Gasteiger partial charge in [-0.1, -0.05) is 42.5 Å². The molecule has 98 valence electrons. The van der Waals surface area contributed by atoms with Gasteiger partial charge in [-0.3, -0.25) is 11.3 Å². The lowest BCUT2D eigenvalue weighted by Crippen LogP contribution is -2.33. The number of aryl methyl sites for hydroxylation is 1. The van der Waals surface area contributed by atoms with Gasteiger partial charge in [-0.2, -0.15) is 0 Å². The zero-order valence-electron chi connectivity index (χ0n) is 11.0. The van der Waals surface area contributed by atoms with E-state index in [1.807, 2.05) is 11.8 Å². The van der Waals surface area contributed by atoms with E-state index in [1.54, 1.807) is 0 Å². The van der Waals surface area contributed by atoms with E-state index in [9.17, 15) is 0 Å². The minimum Gasteiger partial charge on any atom is -0.271 e. The number of hydrogen-bond donors (Lipinski definition) is 2. The van der Waals surface area contributed by atoms with Crippen LogP contribution in [-0.2, 0) is 0 Å². The molecule has 0 saturated heterocycles. The molecule has 2 atom stereocenters. The SMILES string of the molecule is Cc1ccccc1C(NN)C1CSc2ccccc21. The number of nitrogens with two attached hydrogens (primary N) is 1. The number of rotatable bonds is 3. The van der Waals surface area contributed by atoms with Gasteiger partial charge in [0.15, 0.2) is 0 Å². The second kappa shape index (κ2) is 5.37. The van der Waals surface area contributed by atoms with Crippen LogP contribution in [-0.4, -0.2) is 5.75 Å². The predicted octanol–water partition coefficient (Wildman–Crippen LogP) is 3.39. The van der Waals surface area contributed by atoms with Crippen molar-refractivity contribution in [2.45, 2.75) is 23.8 Å². The topological polar surface area (TPSA) is 38.0 Å². The Morgan fingerprint density at radius 1 is 1.16 bits per heavy atom. The minimum atomic E-state index is 0.178. The molecular formula is C16H18N2S. The quantitative estimate of drug-likeness (QED) is 0.663. The van der Waals surface area contributed by atoms with E-state index in [-0.39, 0.29) is 6.04 Å². The number of nitrogens with one attached hydrogen (secondary N) is 1. The third-order valence-electron chi connectivity index (χ3n) is 3.84. The Bertz CT molecular complexity index is 582. The average Bonchev–Trinajstić information content (AvgIpc) is 2.86. The smallest absolute Gasteiger partial charge is 0.0539 e. The van der Waals surface area contributed by atoms with E-state index in [0.29, 0.717) is 5.92 Å². The Hall–Kier alpha value is -1.29. The molecule has 0 saturated carbocycles. The van der Waals surface area contributed by atoms with E-state index in [0.717, 1.165) is 5.75 Å². The molecule has 2 aromatic rings. The first kappa shape index (κ1) is 12.7. The Morgan fingerprint density at radius 2 is 1.89 bits per heavy atom. The molecule has 2 unspecified atom stereocenters. The maximum Gasteiger partial charge on any atom is 0.0539 e. The Kier molecular flexibility index (Phi) is 3.60. The van der Waals surface area contributed by atoms with Crippen molar-refractivity contribution in [2.24, 2.45) is 5.84 Å². The summed E-state index contributed by atoms with van der Waals surface area (Å²) in [6, 6.07) is 17.3. The molecule has 0 amide bonds.